The zero-order chi connectivity index (χ0) is 24.6. The first-order valence-electron chi connectivity index (χ1n) is 11.3. The third kappa shape index (κ3) is 4.89. The van der Waals surface area contributed by atoms with Gasteiger partial charge in [-0.05, 0) is 61.6 Å². The molecule has 2 aliphatic heterocycles. The molecule has 0 saturated carbocycles. The average Bonchev–Trinajstić information content (AvgIpc) is 3.24. The number of benzene rings is 2. The van der Waals surface area contributed by atoms with Crippen LogP contribution in [-0.4, -0.2) is 44.2 Å². The lowest BCUT2D eigenvalue weighted by Crippen LogP contribution is -2.44. The average molecular weight is 569 g/mol. The van der Waals surface area contributed by atoms with Gasteiger partial charge >= 0.3 is 0 Å². The highest BCUT2D eigenvalue weighted by Crippen LogP contribution is 2.40. The monoisotopic (exact) mass is 567 g/mol. The molecule has 1 unspecified atom stereocenters. The number of amides is 2. The SMILES string of the molecule is CCC(=O)N1CCc2cc(Br)cc(S(=O)(=O)N3CCCC(C(=O)Nc4cc(Cl)ccc4C)C3)c21. The number of piperidine rings is 1. The number of hydrogen-bond acceptors (Lipinski definition) is 4. The molecule has 1 fully saturated rings. The molecule has 10 heteroatoms. The van der Waals surface area contributed by atoms with Gasteiger partial charge in [-0.25, -0.2) is 8.42 Å². The highest BCUT2D eigenvalue weighted by molar-refractivity contribution is 9.10. The van der Waals surface area contributed by atoms with Crippen LogP contribution in [0.5, 0.6) is 0 Å². The summed E-state index contributed by atoms with van der Waals surface area (Å²) in [6, 6.07) is 8.71. The molecule has 182 valence electrons. The van der Waals surface area contributed by atoms with Gasteiger partial charge in [0.1, 0.15) is 4.90 Å². The van der Waals surface area contributed by atoms with E-state index < -0.39 is 15.9 Å². The van der Waals surface area contributed by atoms with Gasteiger partial charge in [0.15, 0.2) is 0 Å². The molecule has 0 spiro atoms. The summed E-state index contributed by atoms with van der Waals surface area (Å²) in [5.74, 6) is -0.826. The van der Waals surface area contributed by atoms with Gasteiger partial charge in [0, 0.05) is 41.2 Å². The minimum Gasteiger partial charge on any atom is -0.326 e. The second kappa shape index (κ2) is 9.97. The molecule has 2 aromatic rings. The van der Waals surface area contributed by atoms with Crippen LogP contribution in [0.2, 0.25) is 5.02 Å². The minimum absolute atomic E-state index is 0.0801. The number of nitrogens with one attached hydrogen (secondary N) is 1. The van der Waals surface area contributed by atoms with Gasteiger partial charge < -0.3 is 10.2 Å². The van der Waals surface area contributed by atoms with E-state index in [9.17, 15) is 18.0 Å². The fourth-order valence-electron chi connectivity index (χ4n) is 4.58. The molecule has 2 amide bonds. The summed E-state index contributed by atoms with van der Waals surface area (Å²) in [7, 11) is -3.93. The summed E-state index contributed by atoms with van der Waals surface area (Å²) in [6.45, 7) is 4.51. The fraction of sp³-hybridized carbons (Fsp3) is 0.417. The Morgan fingerprint density at radius 2 is 1.97 bits per heavy atom. The maximum atomic E-state index is 13.8. The van der Waals surface area contributed by atoms with E-state index in [0.717, 1.165) is 11.1 Å². The summed E-state index contributed by atoms with van der Waals surface area (Å²) in [5, 5.41) is 3.42. The quantitative estimate of drug-likeness (QED) is 0.564. The highest BCUT2D eigenvalue weighted by atomic mass is 79.9. The van der Waals surface area contributed by atoms with Crippen molar-refractivity contribution < 1.29 is 18.0 Å². The van der Waals surface area contributed by atoms with Gasteiger partial charge in [0.05, 0.1) is 11.6 Å². The fourth-order valence-corrected chi connectivity index (χ4v) is 7.20. The molecular weight excluding hydrogens is 542 g/mol. The minimum atomic E-state index is -3.93. The second-order valence-electron chi connectivity index (χ2n) is 8.71. The number of hydrogen-bond donors (Lipinski definition) is 1. The van der Waals surface area contributed by atoms with Crippen LogP contribution in [0, 0.1) is 12.8 Å². The molecular formula is C24H27BrClN3O4S. The number of sulfonamides is 1. The lowest BCUT2D eigenvalue weighted by Gasteiger charge is -2.32. The number of carbonyl (C=O) groups is 2. The van der Waals surface area contributed by atoms with Crippen molar-refractivity contribution in [2.75, 3.05) is 29.9 Å². The molecule has 7 nitrogen and oxygen atoms in total. The molecule has 1 N–H and O–H groups in total. The van der Waals surface area contributed by atoms with Gasteiger partial charge in [-0.3, -0.25) is 9.59 Å². The van der Waals surface area contributed by atoms with Crippen LogP contribution in [0.15, 0.2) is 39.7 Å². The van der Waals surface area contributed by atoms with Crippen LogP contribution >= 0.6 is 27.5 Å². The van der Waals surface area contributed by atoms with E-state index in [0.29, 0.717) is 59.6 Å². The van der Waals surface area contributed by atoms with E-state index in [1.165, 1.54) is 4.31 Å². The van der Waals surface area contributed by atoms with E-state index in [1.54, 1.807) is 30.0 Å². The van der Waals surface area contributed by atoms with Gasteiger partial charge in [-0.15, -0.1) is 0 Å². The Hall–Kier alpha value is -1.94. The first-order chi connectivity index (χ1) is 16.1. The van der Waals surface area contributed by atoms with Crippen molar-refractivity contribution in [3.63, 3.8) is 0 Å². The lowest BCUT2D eigenvalue weighted by atomic mass is 9.98. The summed E-state index contributed by atoms with van der Waals surface area (Å²) in [5.41, 5.74) is 2.80. The summed E-state index contributed by atoms with van der Waals surface area (Å²) in [6.07, 6.45) is 2.06. The largest absolute Gasteiger partial charge is 0.326 e. The van der Waals surface area contributed by atoms with Gasteiger partial charge in [-0.2, -0.15) is 4.31 Å². The highest BCUT2D eigenvalue weighted by Gasteiger charge is 2.38. The predicted octanol–water partition coefficient (Wildman–Crippen LogP) is 4.75. The number of rotatable bonds is 5. The maximum absolute atomic E-state index is 13.8. The molecule has 0 aromatic heterocycles. The van der Waals surface area contributed by atoms with Crippen LogP contribution in [0.25, 0.3) is 0 Å². The molecule has 2 heterocycles. The molecule has 1 atom stereocenters. The number of carbonyl (C=O) groups excluding carboxylic acids is 2. The van der Waals surface area contributed by atoms with E-state index in [-0.39, 0.29) is 23.3 Å². The van der Waals surface area contributed by atoms with Crippen LogP contribution in [0.1, 0.15) is 37.3 Å². The Bertz CT molecular complexity index is 1250. The number of aryl methyl sites for hydroxylation is 1. The second-order valence-corrected chi connectivity index (χ2v) is 12.0. The summed E-state index contributed by atoms with van der Waals surface area (Å²) < 4.78 is 29.6. The smallest absolute Gasteiger partial charge is 0.245 e. The van der Waals surface area contributed by atoms with Crippen LogP contribution in [-0.2, 0) is 26.0 Å². The molecule has 1 saturated heterocycles. The Labute approximate surface area is 213 Å². The zero-order valence-electron chi connectivity index (χ0n) is 19.1. The van der Waals surface area contributed by atoms with Crippen molar-refractivity contribution in [1.82, 2.24) is 4.31 Å². The predicted molar refractivity (Wildman–Crippen MR) is 137 cm³/mol. The van der Waals surface area contributed by atoms with E-state index in [2.05, 4.69) is 21.2 Å². The van der Waals surface area contributed by atoms with Crippen molar-refractivity contribution in [1.29, 1.82) is 0 Å². The van der Waals surface area contributed by atoms with Crippen molar-refractivity contribution in [2.45, 2.75) is 44.4 Å². The van der Waals surface area contributed by atoms with Gasteiger partial charge in [-0.1, -0.05) is 40.5 Å². The Balaban J connectivity index is 1.61. The van der Waals surface area contributed by atoms with Crippen molar-refractivity contribution in [2.24, 2.45) is 5.92 Å². The third-order valence-corrected chi connectivity index (χ3v) is 9.00. The number of halogens is 2. The van der Waals surface area contributed by atoms with Gasteiger partial charge in [0.2, 0.25) is 21.8 Å². The van der Waals surface area contributed by atoms with Crippen LogP contribution in [0.3, 0.4) is 0 Å². The van der Waals surface area contributed by atoms with Crippen LogP contribution in [0.4, 0.5) is 11.4 Å². The zero-order valence-corrected chi connectivity index (χ0v) is 22.3. The van der Waals surface area contributed by atoms with E-state index in [4.69, 9.17) is 11.6 Å². The van der Waals surface area contributed by atoms with Crippen molar-refractivity contribution >= 4 is 60.7 Å². The van der Waals surface area contributed by atoms with E-state index >= 15 is 0 Å². The molecule has 0 bridgehead atoms. The van der Waals surface area contributed by atoms with Crippen molar-refractivity contribution in [3.8, 4) is 0 Å². The number of nitrogens with zero attached hydrogens (tertiary/aromatic N) is 2. The number of anilines is 2. The van der Waals surface area contributed by atoms with E-state index in [1.807, 2.05) is 19.1 Å². The first-order valence-corrected chi connectivity index (χ1v) is 13.9. The molecule has 0 aliphatic carbocycles. The Morgan fingerprint density at radius 1 is 1.21 bits per heavy atom. The topological polar surface area (TPSA) is 86.8 Å². The van der Waals surface area contributed by atoms with Crippen LogP contribution < -0.4 is 10.2 Å². The normalized spacial score (nSPS) is 18.6. The maximum Gasteiger partial charge on any atom is 0.245 e. The Kier molecular flexibility index (Phi) is 7.38. The molecule has 34 heavy (non-hydrogen) atoms. The third-order valence-electron chi connectivity index (χ3n) is 6.43. The molecule has 2 aromatic carbocycles. The molecule has 0 radical (unpaired) electrons. The van der Waals surface area contributed by atoms with Crippen molar-refractivity contribution in [3.05, 3.63) is 51.0 Å². The summed E-state index contributed by atoms with van der Waals surface area (Å²) >= 11 is 9.50. The first kappa shape index (κ1) is 25.2. The Morgan fingerprint density at radius 3 is 2.71 bits per heavy atom. The summed E-state index contributed by atoms with van der Waals surface area (Å²) in [4.78, 5) is 27.2. The lowest BCUT2D eigenvalue weighted by molar-refractivity contribution is -0.121. The molecule has 2 aliphatic rings. The number of fused-ring (bicyclic) bond motifs is 1. The molecule has 4 rings (SSSR count). The standard InChI is InChI=1S/C24H27BrClN3O4S/c1-3-22(30)29-10-8-16-11-18(25)12-21(23(16)29)34(32,33)28-9-4-5-17(14-28)24(31)27-20-13-19(26)7-6-15(20)2/h6-7,11-13,17H,3-5,8-10,14H2,1-2H3,(H,27,31). The van der Waals surface area contributed by atoms with Gasteiger partial charge in [0.25, 0.3) is 0 Å².